The van der Waals surface area contributed by atoms with Crippen molar-refractivity contribution in [3.63, 3.8) is 0 Å². The molecule has 0 aromatic heterocycles. The van der Waals surface area contributed by atoms with E-state index < -0.39 is 6.10 Å². The van der Waals surface area contributed by atoms with E-state index in [1.54, 1.807) is 19.1 Å². The van der Waals surface area contributed by atoms with Crippen molar-refractivity contribution in [2.75, 3.05) is 13.1 Å². The highest BCUT2D eigenvalue weighted by Gasteiger charge is 2.14. The van der Waals surface area contributed by atoms with Crippen LogP contribution in [-0.4, -0.2) is 25.1 Å². The number of ether oxygens (including phenoxy) is 1. The van der Waals surface area contributed by atoms with Crippen LogP contribution in [0.25, 0.3) is 0 Å². The summed E-state index contributed by atoms with van der Waals surface area (Å²) in [5, 5.41) is 3.50. The molecule has 1 unspecified atom stereocenters. The van der Waals surface area contributed by atoms with Gasteiger partial charge in [0.15, 0.2) is 6.10 Å². The zero-order valence-electron chi connectivity index (χ0n) is 11.4. The molecular weight excluding hydrogens is 264 g/mol. The molecule has 19 heavy (non-hydrogen) atoms. The first-order valence-corrected chi connectivity index (χ1v) is 6.83. The van der Waals surface area contributed by atoms with Crippen molar-refractivity contribution in [1.29, 1.82) is 0 Å². The maximum absolute atomic E-state index is 11.8. The maximum atomic E-state index is 11.8. The van der Waals surface area contributed by atoms with Crippen LogP contribution in [0.2, 0.25) is 5.02 Å². The first-order chi connectivity index (χ1) is 9.04. The number of carbonyl (C=O) groups is 1. The van der Waals surface area contributed by atoms with Crippen molar-refractivity contribution in [2.24, 2.45) is 5.73 Å². The zero-order chi connectivity index (χ0) is 14.3. The number of halogens is 1. The van der Waals surface area contributed by atoms with Crippen LogP contribution in [0, 0.1) is 6.92 Å². The summed E-state index contributed by atoms with van der Waals surface area (Å²) in [6, 6.07) is 5.34. The molecule has 0 aliphatic heterocycles. The Morgan fingerprint density at radius 1 is 1.47 bits per heavy atom. The smallest absolute Gasteiger partial charge is 0.260 e. The molecule has 106 valence electrons. The monoisotopic (exact) mass is 284 g/mol. The summed E-state index contributed by atoms with van der Waals surface area (Å²) in [7, 11) is 0. The number of aryl methyl sites for hydroxylation is 1. The van der Waals surface area contributed by atoms with Crippen molar-refractivity contribution in [3.05, 3.63) is 28.8 Å². The standard InChI is InChI=1S/C14H21ClN2O2/c1-10-9-12(5-6-13(10)15)19-11(2)14(18)17-8-4-3-7-16/h5-6,9,11H,3-4,7-8,16H2,1-2H3,(H,17,18). The normalized spacial score (nSPS) is 12.0. The fourth-order valence-electron chi connectivity index (χ4n) is 1.57. The molecule has 1 rings (SSSR count). The van der Waals surface area contributed by atoms with E-state index in [1.807, 2.05) is 13.0 Å². The topological polar surface area (TPSA) is 64.3 Å². The summed E-state index contributed by atoms with van der Waals surface area (Å²) in [5.74, 6) is 0.524. The summed E-state index contributed by atoms with van der Waals surface area (Å²) >= 11 is 5.93. The van der Waals surface area contributed by atoms with Crippen LogP contribution in [0.15, 0.2) is 18.2 Å². The third-order valence-corrected chi connectivity index (χ3v) is 3.17. The van der Waals surface area contributed by atoms with Gasteiger partial charge in [0.2, 0.25) is 0 Å². The number of rotatable bonds is 7. The zero-order valence-corrected chi connectivity index (χ0v) is 12.2. The van der Waals surface area contributed by atoms with E-state index in [1.165, 1.54) is 0 Å². The molecule has 0 saturated carbocycles. The molecule has 5 heteroatoms. The van der Waals surface area contributed by atoms with E-state index in [0.29, 0.717) is 23.9 Å². The molecule has 1 aromatic carbocycles. The molecule has 0 spiro atoms. The summed E-state index contributed by atoms with van der Waals surface area (Å²) in [4.78, 5) is 11.8. The van der Waals surface area contributed by atoms with E-state index in [4.69, 9.17) is 22.1 Å². The van der Waals surface area contributed by atoms with E-state index >= 15 is 0 Å². The minimum absolute atomic E-state index is 0.121. The van der Waals surface area contributed by atoms with E-state index in [-0.39, 0.29) is 5.91 Å². The van der Waals surface area contributed by atoms with Crippen molar-refractivity contribution < 1.29 is 9.53 Å². The van der Waals surface area contributed by atoms with Crippen molar-refractivity contribution >= 4 is 17.5 Å². The van der Waals surface area contributed by atoms with Gasteiger partial charge < -0.3 is 15.8 Å². The van der Waals surface area contributed by atoms with Crippen molar-refractivity contribution in [2.45, 2.75) is 32.8 Å². The first kappa shape index (κ1) is 15.8. The van der Waals surface area contributed by atoms with Crippen LogP contribution in [0.1, 0.15) is 25.3 Å². The second-order valence-electron chi connectivity index (χ2n) is 4.46. The lowest BCUT2D eigenvalue weighted by molar-refractivity contribution is -0.127. The van der Waals surface area contributed by atoms with E-state index in [0.717, 1.165) is 18.4 Å². The van der Waals surface area contributed by atoms with Gasteiger partial charge in [-0.25, -0.2) is 0 Å². The van der Waals surface area contributed by atoms with Gasteiger partial charge in [-0.05, 0) is 57.0 Å². The third kappa shape index (κ3) is 5.49. The second kappa shape index (κ2) is 8.02. The van der Waals surface area contributed by atoms with Crippen molar-refractivity contribution in [1.82, 2.24) is 5.32 Å². The highest BCUT2D eigenvalue weighted by molar-refractivity contribution is 6.31. The molecule has 0 radical (unpaired) electrons. The molecule has 1 aromatic rings. The van der Waals surface area contributed by atoms with Gasteiger partial charge in [-0.15, -0.1) is 0 Å². The fourth-order valence-corrected chi connectivity index (χ4v) is 1.69. The van der Waals surface area contributed by atoms with Gasteiger partial charge >= 0.3 is 0 Å². The summed E-state index contributed by atoms with van der Waals surface area (Å²) < 4.78 is 5.57. The lowest BCUT2D eigenvalue weighted by Crippen LogP contribution is -2.36. The number of unbranched alkanes of at least 4 members (excludes halogenated alkanes) is 1. The lowest BCUT2D eigenvalue weighted by atomic mass is 10.2. The molecule has 0 bridgehead atoms. The van der Waals surface area contributed by atoms with Crippen LogP contribution in [0.3, 0.4) is 0 Å². The Morgan fingerprint density at radius 3 is 2.84 bits per heavy atom. The van der Waals surface area contributed by atoms with E-state index in [9.17, 15) is 4.79 Å². The average Bonchev–Trinajstić information content (AvgIpc) is 2.38. The predicted molar refractivity (Wildman–Crippen MR) is 77.6 cm³/mol. The van der Waals surface area contributed by atoms with Gasteiger partial charge in [-0.2, -0.15) is 0 Å². The molecule has 1 amide bonds. The number of nitrogens with one attached hydrogen (secondary N) is 1. The minimum Gasteiger partial charge on any atom is -0.481 e. The fraction of sp³-hybridized carbons (Fsp3) is 0.500. The number of nitrogens with two attached hydrogens (primary N) is 1. The Balaban J connectivity index is 2.42. The minimum atomic E-state index is -0.529. The Hall–Kier alpha value is -1.26. The number of amides is 1. The van der Waals surface area contributed by atoms with Gasteiger partial charge in [0.05, 0.1) is 0 Å². The number of benzene rings is 1. The molecule has 0 heterocycles. The number of hydrogen-bond donors (Lipinski definition) is 2. The van der Waals surface area contributed by atoms with Gasteiger partial charge in [-0.1, -0.05) is 11.6 Å². The first-order valence-electron chi connectivity index (χ1n) is 6.45. The Bertz CT molecular complexity index is 424. The summed E-state index contributed by atoms with van der Waals surface area (Å²) in [5.41, 5.74) is 6.31. The SMILES string of the molecule is Cc1cc(OC(C)C(=O)NCCCCN)ccc1Cl. The molecule has 0 saturated heterocycles. The van der Waals surface area contributed by atoms with Crippen LogP contribution < -0.4 is 15.8 Å². The third-order valence-electron chi connectivity index (χ3n) is 2.74. The molecule has 0 fully saturated rings. The molecule has 1 atom stereocenters. The van der Waals surface area contributed by atoms with Gasteiger partial charge in [0.25, 0.3) is 5.91 Å². The highest BCUT2D eigenvalue weighted by Crippen LogP contribution is 2.21. The Morgan fingerprint density at radius 2 is 2.21 bits per heavy atom. The Kier molecular flexibility index (Phi) is 6.67. The van der Waals surface area contributed by atoms with Crippen molar-refractivity contribution in [3.8, 4) is 5.75 Å². The molecule has 4 nitrogen and oxygen atoms in total. The van der Waals surface area contributed by atoms with Crippen LogP contribution in [-0.2, 0) is 4.79 Å². The molecule has 3 N–H and O–H groups in total. The van der Waals surface area contributed by atoms with Crippen LogP contribution in [0.5, 0.6) is 5.75 Å². The van der Waals surface area contributed by atoms with Gasteiger partial charge in [0, 0.05) is 11.6 Å². The number of carbonyl (C=O) groups excluding carboxylic acids is 1. The summed E-state index contributed by atoms with van der Waals surface area (Å²) in [6.07, 6.45) is 1.26. The van der Waals surface area contributed by atoms with Gasteiger partial charge in [0.1, 0.15) is 5.75 Å². The Labute approximate surface area is 119 Å². The quantitative estimate of drug-likeness (QED) is 0.755. The van der Waals surface area contributed by atoms with Crippen LogP contribution in [0.4, 0.5) is 0 Å². The van der Waals surface area contributed by atoms with E-state index in [2.05, 4.69) is 5.32 Å². The van der Waals surface area contributed by atoms with Crippen LogP contribution >= 0.6 is 11.6 Å². The predicted octanol–water partition coefficient (Wildman–Crippen LogP) is 2.27. The second-order valence-corrected chi connectivity index (χ2v) is 4.87. The lowest BCUT2D eigenvalue weighted by Gasteiger charge is -2.15. The molecule has 0 aliphatic rings. The summed E-state index contributed by atoms with van der Waals surface area (Å²) in [6.45, 7) is 4.89. The average molecular weight is 285 g/mol. The maximum Gasteiger partial charge on any atom is 0.260 e. The highest BCUT2D eigenvalue weighted by atomic mass is 35.5. The molecular formula is C14H21ClN2O2. The largest absolute Gasteiger partial charge is 0.481 e. The molecule has 0 aliphatic carbocycles. The van der Waals surface area contributed by atoms with Gasteiger partial charge in [-0.3, -0.25) is 4.79 Å². The number of hydrogen-bond acceptors (Lipinski definition) is 3.